The van der Waals surface area contributed by atoms with Gasteiger partial charge in [0.15, 0.2) is 5.16 Å². The van der Waals surface area contributed by atoms with Gasteiger partial charge in [0.25, 0.3) is 0 Å². The van der Waals surface area contributed by atoms with Crippen molar-refractivity contribution >= 4 is 27.7 Å². The van der Waals surface area contributed by atoms with Crippen molar-refractivity contribution in [2.45, 2.75) is 35.6 Å². The lowest BCUT2D eigenvalue weighted by Gasteiger charge is -2.18. The fourth-order valence-electron chi connectivity index (χ4n) is 3.55. The van der Waals surface area contributed by atoms with Gasteiger partial charge in [0.2, 0.25) is 16.0 Å². The Morgan fingerprint density at radius 3 is 2.42 bits per heavy atom. The van der Waals surface area contributed by atoms with Crippen molar-refractivity contribution < 1.29 is 8.42 Å². The second-order valence-corrected chi connectivity index (χ2v) is 11.0. The Kier molecular flexibility index (Phi) is 6.36. The van der Waals surface area contributed by atoms with Crippen LogP contribution >= 0.6 is 11.8 Å². The normalized spacial score (nSPS) is 14.5. The number of anilines is 1. The van der Waals surface area contributed by atoms with Gasteiger partial charge in [0, 0.05) is 32.9 Å². The van der Waals surface area contributed by atoms with E-state index >= 15 is 0 Å². The molecule has 4 rings (SSSR count). The number of nitrogens with zero attached hydrogens (tertiary/aromatic N) is 5. The molecule has 1 aliphatic rings. The van der Waals surface area contributed by atoms with Crippen LogP contribution in [0.4, 0.5) is 5.95 Å². The highest BCUT2D eigenvalue weighted by Crippen LogP contribution is 2.31. The number of aryl methyl sites for hydroxylation is 1. The van der Waals surface area contributed by atoms with Crippen LogP contribution in [0, 0.1) is 6.92 Å². The first-order valence-electron chi connectivity index (χ1n) is 10.3. The molecule has 0 atom stereocenters. The SMILES string of the molecule is Cc1ccc(-n2c(SCc3cccc(S(=O)(=O)N(C)C)c3)nnc2N2CCCC2)cc1. The summed E-state index contributed by atoms with van der Waals surface area (Å²) in [6.45, 7) is 4.04. The molecule has 0 saturated carbocycles. The van der Waals surface area contributed by atoms with Crippen molar-refractivity contribution in [3.63, 3.8) is 0 Å². The van der Waals surface area contributed by atoms with Crippen molar-refractivity contribution in [3.05, 3.63) is 59.7 Å². The van der Waals surface area contributed by atoms with E-state index < -0.39 is 10.0 Å². The van der Waals surface area contributed by atoms with E-state index in [0.29, 0.717) is 10.6 Å². The van der Waals surface area contributed by atoms with Crippen LogP contribution in [0.25, 0.3) is 5.69 Å². The molecule has 0 spiro atoms. The summed E-state index contributed by atoms with van der Waals surface area (Å²) in [7, 11) is -0.376. The maximum atomic E-state index is 12.5. The number of rotatable bonds is 7. The Morgan fingerprint density at radius 1 is 1.03 bits per heavy atom. The Hall–Kier alpha value is -2.36. The number of aromatic nitrogens is 3. The molecule has 0 bridgehead atoms. The molecule has 0 radical (unpaired) electrons. The van der Waals surface area contributed by atoms with Crippen LogP contribution in [0.15, 0.2) is 58.6 Å². The molecule has 3 aromatic rings. The summed E-state index contributed by atoms with van der Waals surface area (Å²) in [6.07, 6.45) is 2.33. The molecule has 1 saturated heterocycles. The minimum absolute atomic E-state index is 0.299. The minimum Gasteiger partial charge on any atom is -0.341 e. The molecule has 2 aromatic carbocycles. The van der Waals surface area contributed by atoms with E-state index in [1.54, 1.807) is 44.1 Å². The van der Waals surface area contributed by atoms with Gasteiger partial charge in [-0.1, -0.05) is 41.6 Å². The van der Waals surface area contributed by atoms with E-state index in [1.807, 2.05) is 6.07 Å². The summed E-state index contributed by atoms with van der Waals surface area (Å²) in [5, 5.41) is 9.78. The largest absolute Gasteiger partial charge is 0.341 e. The number of hydrogen-bond acceptors (Lipinski definition) is 6. The molecule has 7 nitrogen and oxygen atoms in total. The van der Waals surface area contributed by atoms with Crippen LogP contribution in [0.5, 0.6) is 0 Å². The third-order valence-electron chi connectivity index (χ3n) is 5.34. The molecule has 1 aliphatic heterocycles. The Balaban J connectivity index is 1.63. The van der Waals surface area contributed by atoms with E-state index in [4.69, 9.17) is 0 Å². The van der Waals surface area contributed by atoms with Crippen LogP contribution < -0.4 is 4.90 Å². The molecule has 0 amide bonds. The summed E-state index contributed by atoms with van der Waals surface area (Å²) < 4.78 is 28.3. The highest BCUT2D eigenvalue weighted by molar-refractivity contribution is 7.98. The van der Waals surface area contributed by atoms with Crippen molar-refractivity contribution in [1.29, 1.82) is 0 Å². The first-order valence-corrected chi connectivity index (χ1v) is 12.7. The summed E-state index contributed by atoms with van der Waals surface area (Å²) >= 11 is 1.56. The predicted molar refractivity (Wildman–Crippen MR) is 124 cm³/mol. The highest BCUT2D eigenvalue weighted by atomic mass is 32.2. The van der Waals surface area contributed by atoms with Crippen molar-refractivity contribution in [2.24, 2.45) is 0 Å². The van der Waals surface area contributed by atoms with Crippen molar-refractivity contribution in [2.75, 3.05) is 32.1 Å². The maximum Gasteiger partial charge on any atom is 0.242 e. The van der Waals surface area contributed by atoms with Crippen LogP contribution in [0.3, 0.4) is 0 Å². The molecule has 1 fully saturated rings. The molecule has 9 heteroatoms. The summed E-state index contributed by atoms with van der Waals surface area (Å²) in [5.74, 6) is 1.47. The average molecular weight is 458 g/mol. The third kappa shape index (κ3) is 4.63. The molecular formula is C22H27N5O2S2. The van der Waals surface area contributed by atoms with Crippen LogP contribution in [0.1, 0.15) is 24.0 Å². The van der Waals surface area contributed by atoms with Gasteiger partial charge < -0.3 is 4.90 Å². The number of sulfonamides is 1. The molecule has 2 heterocycles. The average Bonchev–Trinajstić information content (AvgIpc) is 3.43. The minimum atomic E-state index is -3.46. The van der Waals surface area contributed by atoms with Gasteiger partial charge in [0.05, 0.1) is 10.6 Å². The topological polar surface area (TPSA) is 71.3 Å². The van der Waals surface area contributed by atoms with Crippen LogP contribution in [-0.2, 0) is 15.8 Å². The Labute approximate surface area is 188 Å². The zero-order valence-corrected chi connectivity index (χ0v) is 19.7. The van der Waals surface area contributed by atoms with E-state index in [1.165, 1.54) is 9.87 Å². The Bertz CT molecular complexity index is 1150. The van der Waals surface area contributed by atoms with E-state index in [-0.39, 0.29) is 0 Å². The molecule has 1 aromatic heterocycles. The quantitative estimate of drug-likeness (QED) is 0.504. The van der Waals surface area contributed by atoms with E-state index in [2.05, 4.69) is 50.9 Å². The lowest BCUT2D eigenvalue weighted by molar-refractivity contribution is 0.520. The van der Waals surface area contributed by atoms with Gasteiger partial charge in [-0.15, -0.1) is 10.2 Å². The summed E-state index contributed by atoms with van der Waals surface area (Å²) in [4.78, 5) is 2.58. The van der Waals surface area contributed by atoms with E-state index in [0.717, 1.165) is 48.3 Å². The highest BCUT2D eigenvalue weighted by Gasteiger charge is 2.23. The molecule has 0 unspecified atom stereocenters. The molecule has 0 N–H and O–H groups in total. The molecular weight excluding hydrogens is 430 g/mol. The summed E-state index contributed by atoms with van der Waals surface area (Å²) in [6, 6.07) is 15.4. The van der Waals surface area contributed by atoms with E-state index in [9.17, 15) is 8.42 Å². The van der Waals surface area contributed by atoms with Crippen LogP contribution in [-0.4, -0.2) is 54.7 Å². The standard InChI is InChI=1S/C22H27N5O2S2/c1-17-9-11-19(12-10-17)27-21(26-13-4-5-14-26)23-24-22(27)30-16-18-7-6-8-20(15-18)31(28,29)25(2)3/h6-12,15H,4-5,13-14,16H2,1-3H3. The second kappa shape index (κ2) is 9.02. The maximum absolute atomic E-state index is 12.5. The third-order valence-corrected chi connectivity index (χ3v) is 8.15. The van der Waals surface area contributed by atoms with Crippen LogP contribution in [0.2, 0.25) is 0 Å². The summed E-state index contributed by atoms with van der Waals surface area (Å²) in [5.41, 5.74) is 3.16. The fourth-order valence-corrected chi connectivity index (χ4v) is 5.41. The zero-order valence-electron chi connectivity index (χ0n) is 18.0. The number of hydrogen-bond donors (Lipinski definition) is 0. The van der Waals surface area contributed by atoms with Crippen molar-refractivity contribution in [3.8, 4) is 5.69 Å². The smallest absolute Gasteiger partial charge is 0.242 e. The number of benzene rings is 2. The predicted octanol–water partition coefficient (Wildman–Crippen LogP) is 3.72. The Morgan fingerprint density at radius 2 is 1.74 bits per heavy atom. The first-order chi connectivity index (χ1) is 14.9. The van der Waals surface area contributed by atoms with Gasteiger partial charge in [-0.25, -0.2) is 12.7 Å². The first kappa shape index (κ1) is 21.9. The zero-order chi connectivity index (χ0) is 22.0. The lowest BCUT2D eigenvalue weighted by atomic mass is 10.2. The molecule has 0 aliphatic carbocycles. The van der Waals surface area contributed by atoms with Gasteiger partial charge in [0.1, 0.15) is 0 Å². The van der Waals surface area contributed by atoms with Crippen molar-refractivity contribution in [1.82, 2.24) is 19.1 Å². The van der Waals surface area contributed by atoms with Gasteiger partial charge in [-0.05, 0) is 49.6 Å². The van der Waals surface area contributed by atoms with Gasteiger partial charge in [-0.2, -0.15) is 0 Å². The van der Waals surface area contributed by atoms with Gasteiger partial charge in [-0.3, -0.25) is 4.57 Å². The fraction of sp³-hybridized carbons (Fsp3) is 0.364. The lowest BCUT2D eigenvalue weighted by Crippen LogP contribution is -2.22. The second-order valence-electron chi connectivity index (χ2n) is 7.87. The molecule has 164 valence electrons. The number of thioether (sulfide) groups is 1. The monoisotopic (exact) mass is 457 g/mol. The van der Waals surface area contributed by atoms with Gasteiger partial charge >= 0.3 is 0 Å². The molecule has 31 heavy (non-hydrogen) atoms.